The number of aryl methyl sites for hydroxylation is 2. The Morgan fingerprint density at radius 3 is 2.14 bits per heavy atom. The first kappa shape index (κ1) is 33.4. The van der Waals surface area contributed by atoms with Crippen molar-refractivity contribution in [3.63, 3.8) is 0 Å². The molecule has 232 valence electrons. The third kappa shape index (κ3) is 9.45. The van der Waals surface area contributed by atoms with Gasteiger partial charge in [0.15, 0.2) is 0 Å². The van der Waals surface area contributed by atoms with E-state index in [1.54, 1.807) is 37.2 Å². The number of hydrogen-bond acceptors (Lipinski definition) is 5. The van der Waals surface area contributed by atoms with Crippen LogP contribution in [0.25, 0.3) is 0 Å². The predicted octanol–water partition coefficient (Wildman–Crippen LogP) is 4.06. The summed E-state index contributed by atoms with van der Waals surface area (Å²) in [5.41, 5.74) is 2.33. The lowest BCUT2D eigenvalue weighted by Gasteiger charge is -2.25. The van der Waals surface area contributed by atoms with Crippen LogP contribution >= 0.6 is 0 Å². The van der Waals surface area contributed by atoms with Gasteiger partial charge in [0, 0.05) is 56.6 Å². The number of aromatic nitrogens is 1. The van der Waals surface area contributed by atoms with Crippen molar-refractivity contribution >= 4 is 17.8 Å². The first-order valence-electron chi connectivity index (χ1n) is 14.4. The molecule has 0 aliphatic rings. The summed E-state index contributed by atoms with van der Waals surface area (Å²) in [7, 11) is 1.61. The van der Waals surface area contributed by atoms with E-state index in [-0.39, 0.29) is 42.2 Å². The molecular formula is C32H40F2N4O5. The molecular weight excluding hydrogens is 558 g/mol. The molecule has 0 bridgehead atoms. The molecule has 0 radical (unpaired) electrons. The molecule has 4 N–H and O–H groups in total. The van der Waals surface area contributed by atoms with Gasteiger partial charge in [-0.3, -0.25) is 9.59 Å². The van der Waals surface area contributed by atoms with Crippen molar-refractivity contribution in [1.29, 1.82) is 0 Å². The van der Waals surface area contributed by atoms with E-state index in [2.05, 4.69) is 10.6 Å². The summed E-state index contributed by atoms with van der Waals surface area (Å²) in [6.07, 6.45) is 1.98. The van der Waals surface area contributed by atoms with E-state index in [0.29, 0.717) is 29.8 Å². The van der Waals surface area contributed by atoms with Gasteiger partial charge in [-0.1, -0.05) is 13.8 Å². The zero-order valence-electron chi connectivity index (χ0n) is 25.0. The lowest BCUT2D eigenvalue weighted by atomic mass is 9.99. The highest BCUT2D eigenvalue weighted by molar-refractivity contribution is 6.00. The normalized spacial score (nSPS) is 12.5. The van der Waals surface area contributed by atoms with Gasteiger partial charge in [-0.25, -0.2) is 13.6 Å². The number of carbonyl (C=O) groups excluding carboxylic acids is 2. The summed E-state index contributed by atoms with van der Waals surface area (Å²) in [5.74, 6) is -3.36. The van der Waals surface area contributed by atoms with Crippen LogP contribution in [0, 0.1) is 18.6 Å². The fraction of sp³-hybridized carbons (Fsp3) is 0.406. The number of carboxylic acids is 1. The van der Waals surface area contributed by atoms with E-state index in [9.17, 15) is 33.4 Å². The highest BCUT2D eigenvalue weighted by Gasteiger charge is 2.24. The van der Waals surface area contributed by atoms with Gasteiger partial charge >= 0.3 is 5.97 Å². The van der Waals surface area contributed by atoms with E-state index in [1.807, 2.05) is 13.8 Å². The third-order valence-corrected chi connectivity index (χ3v) is 6.98. The molecule has 2 atom stereocenters. The van der Waals surface area contributed by atoms with E-state index in [4.69, 9.17) is 0 Å². The van der Waals surface area contributed by atoms with Crippen LogP contribution in [0.2, 0.25) is 0 Å². The monoisotopic (exact) mass is 598 g/mol. The van der Waals surface area contributed by atoms with Gasteiger partial charge < -0.3 is 30.3 Å². The second kappa shape index (κ2) is 15.4. The summed E-state index contributed by atoms with van der Waals surface area (Å²) in [5, 5.41) is 26.2. The van der Waals surface area contributed by atoms with Crippen LogP contribution in [-0.4, -0.2) is 69.2 Å². The maximum Gasteiger partial charge on any atom is 0.352 e. The maximum absolute atomic E-state index is 13.9. The average molecular weight is 599 g/mol. The quantitative estimate of drug-likeness (QED) is 0.209. The molecule has 0 spiro atoms. The molecule has 0 fully saturated rings. The number of nitrogens with one attached hydrogen (secondary N) is 2. The molecule has 3 aromatic rings. The molecule has 1 heterocycles. The van der Waals surface area contributed by atoms with Crippen LogP contribution < -0.4 is 10.6 Å². The maximum atomic E-state index is 13.9. The molecule has 0 aliphatic carbocycles. The number of nitrogens with zero attached hydrogens (tertiary/aromatic N) is 2. The van der Waals surface area contributed by atoms with Crippen LogP contribution in [0.3, 0.4) is 0 Å². The highest BCUT2D eigenvalue weighted by Crippen LogP contribution is 2.16. The second-order valence-electron chi connectivity index (χ2n) is 10.8. The first-order valence-corrected chi connectivity index (χ1v) is 14.4. The predicted molar refractivity (Wildman–Crippen MR) is 159 cm³/mol. The molecule has 3 rings (SSSR count). The number of rotatable bonds is 15. The van der Waals surface area contributed by atoms with Crippen molar-refractivity contribution in [3.05, 3.63) is 93.8 Å². The van der Waals surface area contributed by atoms with Gasteiger partial charge in [0.2, 0.25) is 0 Å². The Labute approximate surface area is 250 Å². The van der Waals surface area contributed by atoms with Gasteiger partial charge in [0.25, 0.3) is 11.8 Å². The van der Waals surface area contributed by atoms with Crippen LogP contribution in [0.4, 0.5) is 8.78 Å². The van der Waals surface area contributed by atoms with Crippen molar-refractivity contribution in [3.8, 4) is 0 Å². The minimum absolute atomic E-state index is 0.0133. The van der Waals surface area contributed by atoms with Crippen LogP contribution in [-0.2, 0) is 20.0 Å². The standard InChI is InChI=1S/C32H40F2N4O5/c1-5-7-38(8-6-2)31(41)24-10-20(3)9-23(15-24)30(40)36-27(13-21-11-25(33)16-26(34)12-21)29(39)18-35-17-22-14-28(32(42)43)37(4)19-22/h9-12,14-16,19,27,29,35,39H,5-8,13,17-18H2,1-4H3,(H,36,40)(H,42,43)/t27-,29+/m0/s1. The Kier molecular flexibility index (Phi) is 12.0. The summed E-state index contributed by atoms with van der Waals surface area (Å²) >= 11 is 0. The lowest BCUT2D eigenvalue weighted by molar-refractivity contribution is 0.0685. The summed E-state index contributed by atoms with van der Waals surface area (Å²) < 4.78 is 29.4. The number of carbonyl (C=O) groups is 3. The van der Waals surface area contributed by atoms with E-state index in [0.717, 1.165) is 31.0 Å². The number of carboxylic acid groups (broad SMARTS) is 1. The molecule has 11 heteroatoms. The highest BCUT2D eigenvalue weighted by atomic mass is 19.1. The van der Waals surface area contributed by atoms with Crippen molar-refractivity contribution in [2.75, 3.05) is 19.6 Å². The number of amides is 2. The number of hydrogen-bond donors (Lipinski definition) is 4. The molecule has 2 aromatic carbocycles. The largest absolute Gasteiger partial charge is 0.477 e. The number of aliphatic hydroxyl groups excluding tert-OH is 1. The van der Waals surface area contributed by atoms with E-state index < -0.39 is 35.7 Å². The summed E-state index contributed by atoms with van der Waals surface area (Å²) in [6.45, 7) is 7.17. The lowest BCUT2D eigenvalue weighted by Crippen LogP contribution is -2.48. The van der Waals surface area contributed by atoms with E-state index in [1.165, 1.54) is 16.7 Å². The fourth-order valence-corrected chi connectivity index (χ4v) is 5.04. The van der Waals surface area contributed by atoms with Gasteiger partial charge in [0.1, 0.15) is 17.3 Å². The van der Waals surface area contributed by atoms with Gasteiger partial charge in [0.05, 0.1) is 12.1 Å². The van der Waals surface area contributed by atoms with Crippen LogP contribution in [0.5, 0.6) is 0 Å². The Balaban J connectivity index is 1.81. The fourth-order valence-electron chi connectivity index (χ4n) is 5.04. The third-order valence-electron chi connectivity index (χ3n) is 6.98. The molecule has 0 saturated heterocycles. The number of halogens is 2. The first-order chi connectivity index (χ1) is 20.4. The molecule has 0 aliphatic heterocycles. The molecule has 0 saturated carbocycles. The van der Waals surface area contributed by atoms with Crippen molar-refractivity contribution in [1.82, 2.24) is 20.1 Å². The molecule has 2 amide bonds. The van der Waals surface area contributed by atoms with Crippen LogP contribution in [0.1, 0.15) is 74.6 Å². The van der Waals surface area contributed by atoms with Crippen molar-refractivity contribution in [2.45, 2.75) is 58.7 Å². The number of benzene rings is 2. The SMILES string of the molecule is CCCN(CCC)C(=O)c1cc(C)cc(C(=O)N[C@@H](Cc2cc(F)cc(F)c2)[C@H](O)CNCc2cc(C(=O)O)n(C)c2)c1. The molecule has 43 heavy (non-hydrogen) atoms. The average Bonchev–Trinajstić information content (AvgIpc) is 3.31. The smallest absolute Gasteiger partial charge is 0.352 e. The molecule has 9 nitrogen and oxygen atoms in total. The van der Waals surface area contributed by atoms with Gasteiger partial charge in [-0.15, -0.1) is 0 Å². The zero-order valence-corrected chi connectivity index (χ0v) is 25.0. The second-order valence-corrected chi connectivity index (χ2v) is 10.8. The Morgan fingerprint density at radius 1 is 0.930 bits per heavy atom. The zero-order chi connectivity index (χ0) is 31.7. The van der Waals surface area contributed by atoms with Crippen molar-refractivity contribution < 1.29 is 33.4 Å². The Bertz CT molecular complexity index is 1410. The summed E-state index contributed by atoms with van der Waals surface area (Å²) in [6, 6.07) is 8.45. The van der Waals surface area contributed by atoms with E-state index >= 15 is 0 Å². The van der Waals surface area contributed by atoms with Crippen LogP contribution in [0.15, 0.2) is 48.7 Å². The van der Waals surface area contributed by atoms with Gasteiger partial charge in [-0.2, -0.15) is 0 Å². The topological polar surface area (TPSA) is 124 Å². The Morgan fingerprint density at radius 2 is 1.56 bits per heavy atom. The van der Waals surface area contributed by atoms with Crippen molar-refractivity contribution in [2.24, 2.45) is 7.05 Å². The molecule has 0 unspecified atom stereocenters. The Hall–Kier alpha value is -4.09. The minimum atomic E-state index is -1.19. The molecule has 1 aromatic heterocycles. The van der Waals surface area contributed by atoms with Gasteiger partial charge in [-0.05, 0) is 79.3 Å². The summed E-state index contributed by atoms with van der Waals surface area (Å²) in [4.78, 5) is 39.8. The number of aromatic carboxylic acids is 1. The number of aliphatic hydroxyl groups is 1. The minimum Gasteiger partial charge on any atom is -0.477 e.